The Balaban J connectivity index is 1.35. The second-order valence-corrected chi connectivity index (χ2v) is 32.7. The van der Waals surface area contributed by atoms with E-state index in [1.54, 1.807) is 12.1 Å². The van der Waals surface area contributed by atoms with Gasteiger partial charge in [0.25, 0.3) is 0 Å². The smallest absolute Gasteiger partial charge is 0.192 e. The normalized spacial score (nSPS) is 25.1. The lowest BCUT2D eigenvalue weighted by Gasteiger charge is -2.42. The van der Waals surface area contributed by atoms with Gasteiger partial charge in [0.05, 0.1) is 61.0 Å². The highest BCUT2D eigenvalue weighted by atomic mass is 32.2. The van der Waals surface area contributed by atoms with E-state index < -0.39 is 26.5 Å². The second kappa shape index (κ2) is 20.8. The van der Waals surface area contributed by atoms with E-state index in [4.69, 9.17) is 27.8 Å². The van der Waals surface area contributed by atoms with Crippen molar-refractivity contribution in [2.75, 3.05) is 25.6 Å². The van der Waals surface area contributed by atoms with Gasteiger partial charge in [-0.1, -0.05) is 84.9 Å². The van der Waals surface area contributed by atoms with Crippen molar-refractivity contribution in [2.24, 2.45) is 11.8 Å². The lowest BCUT2D eigenvalue weighted by atomic mass is 9.91. The highest BCUT2D eigenvalue weighted by molar-refractivity contribution is 7.91. The molecular weight excluding hydrogens is 781 g/mol. The molecule has 3 aliphatic rings. The molecule has 0 bridgehead atoms. The maximum absolute atomic E-state index is 13.8. The van der Waals surface area contributed by atoms with E-state index in [2.05, 4.69) is 87.8 Å². The summed E-state index contributed by atoms with van der Waals surface area (Å²) >= 11 is 0. The number of hydrogen-bond acceptors (Lipinski definition) is 8. The predicted octanol–water partition coefficient (Wildman–Crippen LogP) is 11.7. The number of ether oxygens (including phenoxy) is 4. The van der Waals surface area contributed by atoms with E-state index in [-0.39, 0.29) is 58.6 Å². The highest BCUT2D eigenvalue weighted by Gasteiger charge is 2.44. The Morgan fingerprint density at radius 2 is 1.50 bits per heavy atom. The Bertz CT molecular complexity index is 1570. The fraction of sp³-hybridized carbons (Fsp3) is 0.787. The Labute approximate surface area is 356 Å². The summed E-state index contributed by atoms with van der Waals surface area (Å²) in [6, 6.07) is 7.25. The molecule has 1 aromatic rings. The van der Waals surface area contributed by atoms with Crippen molar-refractivity contribution in [1.29, 1.82) is 0 Å². The van der Waals surface area contributed by atoms with Crippen LogP contribution in [0, 0.1) is 18.8 Å². The van der Waals surface area contributed by atoms with E-state index in [0.717, 1.165) is 63.4 Å². The van der Waals surface area contributed by atoms with Gasteiger partial charge in [-0.2, -0.15) is 0 Å². The van der Waals surface area contributed by atoms with Gasteiger partial charge in [-0.25, -0.2) is 8.42 Å². The first-order valence-corrected chi connectivity index (χ1v) is 29.8. The monoisotopic (exact) mass is 863 g/mol. The number of sulfone groups is 1. The van der Waals surface area contributed by atoms with Crippen LogP contribution in [0.5, 0.6) is 0 Å². The van der Waals surface area contributed by atoms with Crippen LogP contribution in [0.2, 0.25) is 36.3 Å². The Morgan fingerprint density at radius 1 is 0.862 bits per heavy atom. The summed E-state index contributed by atoms with van der Waals surface area (Å²) in [7, 11) is -7.65. The van der Waals surface area contributed by atoms with Crippen LogP contribution >= 0.6 is 0 Å². The molecule has 0 aliphatic carbocycles. The number of benzene rings is 1. The van der Waals surface area contributed by atoms with E-state index in [9.17, 15) is 8.42 Å². The number of aryl methyl sites for hydroxylation is 1. The molecule has 3 saturated heterocycles. The molecule has 8 nitrogen and oxygen atoms in total. The summed E-state index contributed by atoms with van der Waals surface area (Å²) in [6.45, 7) is 37.8. The number of rotatable bonds is 22. The van der Waals surface area contributed by atoms with Crippen molar-refractivity contribution >= 4 is 26.5 Å². The second-order valence-electron chi connectivity index (χ2n) is 21.1. The molecule has 11 heteroatoms. The fourth-order valence-electron chi connectivity index (χ4n) is 7.85. The Hall–Kier alpha value is -1.16. The molecule has 0 aromatic heterocycles. The minimum absolute atomic E-state index is 0.0479. The summed E-state index contributed by atoms with van der Waals surface area (Å²) in [6.07, 6.45) is 9.67. The first-order valence-electron chi connectivity index (χ1n) is 22.3. The molecular formula is C47H82O8SSi2. The van der Waals surface area contributed by atoms with Crippen LogP contribution in [0.4, 0.5) is 0 Å². The van der Waals surface area contributed by atoms with Gasteiger partial charge in [-0.3, -0.25) is 0 Å². The third kappa shape index (κ3) is 14.7. The van der Waals surface area contributed by atoms with Gasteiger partial charge in [-0.15, -0.1) is 0 Å². The fourth-order valence-corrected chi connectivity index (χ4v) is 11.9. The third-order valence-corrected chi connectivity index (χ3v) is 24.8. The lowest BCUT2D eigenvalue weighted by Crippen LogP contribution is -2.48. The molecule has 0 spiro atoms. The van der Waals surface area contributed by atoms with Crippen LogP contribution in [-0.2, 0) is 37.6 Å². The van der Waals surface area contributed by atoms with E-state index in [1.165, 1.54) is 11.1 Å². The Kier molecular flexibility index (Phi) is 17.8. The lowest BCUT2D eigenvalue weighted by molar-refractivity contribution is -0.0586. The average Bonchev–Trinajstić information content (AvgIpc) is 3.86. The molecule has 3 aliphatic heterocycles. The van der Waals surface area contributed by atoms with Gasteiger partial charge in [0.15, 0.2) is 32.8 Å². The quantitative estimate of drug-likeness (QED) is 0.0841. The predicted molar refractivity (Wildman–Crippen MR) is 243 cm³/mol. The zero-order chi connectivity index (χ0) is 43.1. The zero-order valence-electron chi connectivity index (χ0n) is 38.6. The van der Waals surface area contributed by atoms with Gasteiger partial charge in [0.1, 0.15) is 0 Å². The van der Waals surface area contributed by atoms with Gasteiger partial charge in [0.2, 0.25) is 0 Å². The number of hydrogen-bond donors (Lipinski definition) is 0. The molecule has 7 atom stereocenters. The molecule has 4 rings (SSSR count). The minimum atomic E-state index is -3.50. The summed E-state index contributed by atoms with van der Waals surface area (Å²) in [4.78, 5) is 0.385. The van der Waals surface area contributed by atoms with Gasteiger partial charge < -0.3 is 27.8 Å². The maximum atomic E-state index is 13.8. The van der Waals surface area contributed by atoms with Crippen LogP contribution in [0.3, 0.4) is 0 Å². The van der Waals surface area contributed by atoms with Crippen molar-refractivity contribution in [3.8, 4) is 0 Å². The SMILES string of the molecule is C=C(CC[C@@H](C)CC[C@@H]1O[C@@H](CCC2OCCO2)CC1=C)CC[C@@H]1O[C@H](CC(CO[Si](C)(C)C(C)(C)C)O[Si](C)(C)C(C)(C)C)C[C@H]1CS(=O)(=O)c1ccc(C)cc1. The van der Waals surface area contributed by atoms with Crippen molar-refractivity contribution in [1.82, 2.24) is 0 Å². The van der Waals surface area contributed by atoms with Crippen LogP contribution in [0.25, 0.3) is 0 Å². The van der Waals surface area contributed by atoms with E-state index in [1.807, 2.05) is 19.1 Å². The highest BCUT2D eigenvalue weighted by Crippen LogP contribution is 2.42. The van der Waals surface area contributed by atoms with Gasteiger partial charge in [0, 0.05) is 18.8 Å². The van der Waals surface area contributed by atoms with Crippen molar-refractivity contribution in [2.45, 2.75) is 204 Å². The third-order valence-electron chi connectivity index (χ3n) is 13.9. The zero-order valence-corrected chi connectivity index (χ0v) is 41.4. The summed E-state index contributed by atoms with van der Waals surface area (Å²) in [5, 5.41) is 0.134. The molecule has 1 aromatic carbocycles. The Morgan fingerprint density at radius 3 is 2.12 bits per heavy atom. The molecule has 0 amide bonds. The summed E-state index contributed by atoms with van der Waals surface area (Å²) in [5.41, 5.74) is 3.47. The summed E-state index contributed by atoms with van der Waals surface area (Å²) in [5.74, 6) is 0.504. The summed E-state index contributed by atoms with van der Waals surface area (Å²) < 4.78 is 66.0. The molecule has 58 heavy (non-hydrogen) atoms. The average molecular weight is 863 g/mol. The minimum Gasteiger partial charge on any atom is -0.414 e. The van der Waals surface area contributed by atoms with E-state index >= 15 is 0 Å². The van der Waals surface area contributed by atoms with Gasteiger partial charge in [-0.05, 0) is 125 Å². The molecule has 332 valence electrons. The van der Waals surface area contributed by atoms with Crippen LogP contribution < -0.4 is 0 Å². The molecule has 1 unspecified atom stereocenters. The van der Waals surface area contributed by atoms with Crippen LogP contribution in [-0.4, -0.2) is 87.4 Å². The standard InChI is InChI=1S/C47H82O8SSi2/c1-34(19-24-43-37(4)29-39(53-43)21-26-45-50-27-28-51-45)15-16-35(2)20-25-44-38(33-56(48,49)42-22-17-36(3)18-23-42)30-40(54-44)31-41(55-58(13,14)47(8,9)10)32-52-57(11,12)46(5,6)7/h17-18,22-23,34,38-41,43-45H,2,4,15-16,19-21,24-33H2,1,3,5-14H3/t34-,38+,39+,40+,41?,43+,44+/m1/s1. The topological polar surface area (TPSA) is 89.5 Å². The molecule has 3 fully saturated rings. The van der Waals surface area contributed by atoms with Crippen LogP contribution in [0.1, 0.15) is 125 Å². The number of allylic oxidation sites excluding steroid dienone is 1. The molecule has 0 saturated carbocycles. The first kappa shape index (κ1) is 49.5. The van der Waals surface area contributed by atoms with Crippen molar-refractivity contribution in [3.05, 3.63) is 54.1 Å². The van der Waals surface area contributed by atoms with E-state index in [0.29, 0.717) is 43.5 Å². The molecule has 0 N–H and O–H groups in total. The van der Waals surface area contributed by atoms with Gasteiger partial charge >= 0.3 is 0 Å². The van der Waals surface area contributed by atoms with Crippen molar-refractivity contribution < 1.29 is 36.2 Å². The van der Waals surface area contributed by atoms with Crippen LogP contribution in [0.15, 0.2) is 53.5 Å². The van der Waals surface area contributed by atoms with Crippen molar-refractivity contribution in [3.63, 3.8) is 0 Å². The largest absolute Gasteiger partial charge is 0.414 e. The first-order chi connectivity index (χ1) is 26.8. The molecule has 0 radical (unpaired) electrons. The maximum Gasteiger partial charge on any atom is 0.192 e. The molecule has 3 heterocycles.